The SMILES string of the molecule is C#Cc1ccc(CC)c(/C=C(\C)c2cccc(C)c2)c1. The number of hydrogen-bond acceptors (Lipinski definition) is 0. The fraction of sp³-hybridized carbons (Fsp3) is 0.200. The van der Waals surface area contributed by atoms with Crippen LogP contribution in [-0.2, 0) is 6.42 Å². The van der Waals surface area contributed by atoms with Crippen molar-refractivity contribution in [2.24, 2.45) is 0 Å². The van der Waals surface area contributed by atoms with Crippen molar-refractivity contribution in [2.45, 2.75) is 27.2 Å². The zero-order chi connectivity index (χ0) is 14.5. The molecule has 0 unspecified atom stereocenters. The number of allylic oxidation sites excluding steroid dienone is 1. The summed E-state index contributed by atoms with van der Waals surface area (Å²) in [6.45, 7) is 6.44. The molecule has 0 fully saturated rings. The van der Waals surface area contributed by atoms with Gasteiger partial charge in [-0.05, 0) is 54.7 Å². The quantitative estimate of drug-likeness (QED) is 0.532. The van der Waals surface area contributed by atoms with Gasteiger partial charge in [0.25, 0.3) is 0 Å². The molecular formula is C20H20. The van der Waals surface area contributed by atoms with E-state index in [4.69, 9.17) is 6.42 Å². The van der Waals surface area contributed by atoms with E-state index in [0.717, 1.165) is 12.0 Å². The first-order valence-corrected chi connectivity index (χ1v) is 6.99. The Kier molecular flexibility index (Phi) is 4.43. The molecule has 0 N–H and O–H groups in total. The number of aryl methyl sites for hydroxylation is 2. The van der Waals surface area contributed by atoms with Gasteiger partial charge in [0.1, 0.15) is 0 Å². The van der Waals surface area contributed by atoms with Crippen molar-refractivity contribution < 1.29 is 0 Å². The average molecular weight is 260 g/mol. The van der Waals surface area contributed by atoms with Crippen LogP contribution < -0.4 is 0 Å². The van der Waals surface area contributed by atoms with Gasteiger partial charge >= 0.3 is 0 Å². The van der Waals surface area contributed by atoms with E-state index in [1.807, 2.05) is 6.07 Å². The predicted octanol–water partition coefficient (Wildman–Crippen LogP) is 5.10. The van der Waals surface area contributed by atoms with E-state index in [1.165, 1.54) is 27.8 Å². The molecule has 0 aliphatic rings. The summed E-state index contributed by atoms with van der Waals surface area (Å²) in [6, 6.07) is 14.8. The smallest absolute Gasteiger partial charge is 0.0248 e. The highest BCUT2D eigenvalue weighted by molar-refractivity contribution is 5.81. The lowest BCUT2D eigenvalue weighted by Crippen LogP contribution is -1.89. The first-order valence-electron chi connectivity index (χ1n) is 6.99. The molecule has 0 aliphatic carbocycles. The van der Waals surface area contributed by atoms with Gasteiger partial charge in [-0.2, -0.15) is 0 Å². The number of terminal acetylenes is 1. The highest BCUT2D eigenvalue weighted by atomic mass is 14.1. The van der Waals surface area contributed by atoms with Crippen LogP contribution in [0.1, 0.15) is 41.7 Å². The van der Waals surface area contributed by atoms with Crippen LogP contribution in [0, 0.1) is 19.3 Å². The summed E-state index contributed by atoms with van der Waals surface area (Å²) in [5.74, 6) is 2.71. The van der Waals surface area contributed by atoms with Crippen LogP contribution in [0.4, 0.5) is 0 Å². The van der Waals surface area contributed by atoms with Gasteiger partial charge in [0, 0.05) is 5.56 Å². The zero-order valence-corrected chi connectivity index (χ0v) is 12.4. The Morgan fingerprint density at radius 3 is 2.65 bits per heavy atom. The Bertz CT molecular complexity index is 681. The maximum absolute atomic E-state index is 5.50. The summed E-state index contributed by atoms with van der Waals surface area (Å²) in [7, 11) is 0. The average Bonchev–Trinajstić information content (AvgIpc) is 2.47. The normalized spacial score (nSPS) is 11.2. The Balaban J connectivity index is 2.46. The first-order chi connectivity index (χ1) is 9.63. The van der Waals surface area contributed by atoms with Crippen LogP contribution in [-0.4, -0.2) is 0 Å². The van der Waals surface area contributed by atoms with Gasteiger partial charge in [0.15, 0.2) is 0 Å². The molecule has 0 heterocycles. The Hall–Kier alpha value is -2.26. The van der Waals surface area contributed by atoms with Crippen molar-refractivity contribution in [3.8, 4) is 12.3 Å². The largest absolute Gasteiger partial charge is 0.115 e. The van der Waals surface area contributed by atoms with Gasteiger partial charge in [0.2, 0.25) is 0 Å². The van der Waals surface area contributed by atoms with Gasteiger partial charge in [-0.3, -0.25) is 0 Å². The van der Waals surface area contributed by atoms with Crippen molar-refractivity contribution in [2.75, 3.05) is 0 Å². The zero-order valence-electron chi connectivity index (χ0n) is 12.4. The third-order valence-electron chi connectivity index (χ3n) is 3.54. The van der Waals surface area contributed by atoms with Crippen LogP contribution >= 0.6 is 0 Å². The molecule has 0 nitrogen and oxygen atoms in total. The van der Waals surface area contributed by atoms with Crippen LogP contribution in [0.25, 0.3) is 11.6 Å². The van der Waals surface area contributed by atoms with Crippen molar-refractivity contribution in [1.82, 2.24) is 0 Å². The maximum Gasteiger partial charge on any atom is 0.0248 e. The van der Waals surface area contributed by atoms with Crippen molar-refractivity contribution >= 4 is 11.6 Å². The lowest BCUT2D eigenvalue weighted by atomic mass is 9.97. The summed E-state index contributed by atoms with van der Waals surface area (Å²) in [5, 5.41) is 0. The molecule has 0 aromatic heterocycles. The first kappa shape index (κ1) is 14.2. The second-order valence-electron chi connectivity index (χ2n) is 5.11. The van der Waals surface area contributed by atoms with E-state index in [1.54, 1.807) is 0 Å². The van der Waals surface area contributed by atoms with Crippen LogP contribution in [0.2, 0.25) is 0 Å². The summed E-state index contributed by atoms with van der Waals surface area (Å²) in [4.78, 5) is 0. The summed E-state index contributed by atoms with van der Waals surface area (Å²) < 4.78 is 0. The van der Waals surface area contributed by atoms with E-state index in [-0.39, 0.29) is 0 Å². The topological polar surface area (TPSA) is 0 Å². The third kappa shape index (κ3) is 3.19. The molecule has 0 amide bonds. The molecule has 0 saturated carbocycles. The lowest BCUT2D eigenvalue weighted by Gasteiger charge is -2.08. The monoisotopic (exact) mass is 260 g/mol. The van der Waals surface area contributed by atoms with Gasteiger partial charge in [-0.15, -0.1) is 6.42 Å². The molecule has 2 rings (SSSR count). The minimum absolute atomic E-state index is 0.936. The fourth-order valence-corrected chi connectivity index (χ4v) is 2.35. The Morgan fingerprint density at radius 1 is 1.20 bits per heavy atom. The van der Waals surface area contributed by atoms with Crippen LogP contribution in [0.15, 0.2) is 42.5 Å². The lowest BCUT2D eigenvalue weighted by molar-refractivity contribution is 1.13. The molecule has 20 heavy (non-hydrogen) atoms. The minimum atomic E-state index is 0.936. The third-order valence-corrected chi connectivity index (χ3v) is 3.54. The molecule has 0 heteroatoms. The summed E-state index contributed by atoms with van der Waals surface area (Å²) in [6.07, 6.45) is 8.74. The molecule has 2 aromatic carbocycles. The summed E-state index contributed by atoms with van der Waals surface area (Å²) >= 11 is 0. The summed E-state index contributed by atoms with van der Waals surface area (Å²) in [5.41, 5.74) is 7.29. The standard InChI is InChI=1S/C20H20/c1-5-17-10-11-18(6-2)20(14-17)13-16(4)19-9-7-8-15(3)12-19/h1,7-14H,6H2,2-4H3/b16-13+. The Labute approximate surface area is 122 Å². The second-order valence-corrected chi connectivity index (χ2v) is 5.11. The maximum atomic E-state index is 5.50. The van der Waals surface area contributed by atoms with Crippen LogP contribution in [0.5, 0.6) is 0 Å². The molecule has 0 bridgehead atoms. The van der Waals surface area contributed by atoms with E-state index < -0.39 is 0 Å². The number of benzene rings is 2. The fourth-order valence-electron chi connectivity index (χ4n) is 2.35. The number of rotatable bonds is 3. The van der Waals surface area contributed by atoms with Crippen molar-refractivity contribution in [1.29, 1.82) is 0 Å². The molecule has 0 saturated heterocycles. The highest BCUT2D eigenvalue weighted by Crippen LogP contribution is 2.22. The van der Waals surface area contributed by atoms with E-state index in [9.17, 15) is 0 Å². The minimum Gasteiger partial charge on any atom is -0.115 e. The van der Waals surface area contributed by atoms with Gasteiger partial charge in [0.05, 0.1) is 0 Å². The van der Waals surface area contributed by atoms with Gasteiger partial charge in [-0.25, -0.2) is 0 Å². The predicted molar refractivity (Wildman–Crippen MR) is 88.5 cm³/mol. The van der Waals surface area contributed by atoms with E-state index in [0.29, 0.717) is 0 Å². The molecule has 0 radical (unpaired) electrons. The van der Waals surface area contributed by atoms with Crippen molar-refractivity contribution in [3.63, 3.8) is 0 Å². The molecule has 0 spiro atoms. The second kappa shape index (κ2) is 6.26. The molecule has 2 aromatic rings. The van der Waals surface area contributed by atoms with E-state index >= 15 is 0 Å². The number of hydrogen-bond donors (Lipinski definition) is 0. The molecule has 100 valence electrons. The molecule has 0 atom stereocenters. The Morgan fingerprint density at radius 2 is 2.00 bits per heavy atom. The molecule has 0 aliphatic heterocycles. The van der Waals surface area contributed by atoms with Gasteiger partial charge in [-0.1, -0.05) is 54.8 Å². The van der Waals surface area contributed by atoms with Crippen LogP contribution in [0.3, 0.4) is 0 Å². The highest BCUT2D eigenvalue weighted by Gasteiger charge is 2.02. The molecular weight excluding hydrogens is 240 g/mol. The van der Waals surface area contributed by atoms with Crippen molar-refractivity contribution in [3.05, 3.63) is 70.3 Å². The van der Waals surface area contributed by atoms with E-state index in [2.05, 4.69) is 69.2 Å². The van der Waals surface area contributed by atoms with Gasteiger partial charge < -0.3 is 0 Å².